The van der Waals surface area contributed by atoms with Crippen LogP contribution in [-0.4, -0.2) is 14.9 Å². The van der Waals surface area contributed by atoms with Crippen LogP contribution in [0, 0.1) is 10.1 Å². The van der Waals surface area contributed by atoms with E-state index >= 15 is 0 Å². The highest BCUT2D eigenvalue weighted by molar-refractivity contribution is 9.11. The first-order valence-electron chi connectivity index (χ1n) is 4.77. The Balaban J connectivity index is 2.40. The quantitative estimate of drug-likeness (QED) is 0.428. The molecule has 0 spiro atoms. The van der Waals surface area contributed by atoms with Gasteiger partial charge in [-0.15, -0.1) is 0 Å². The lowest BCUT2D eigenvalue weighted by Gasteiger charge is -2.08. The van der Waals surface area contributed by atoms with Gasteiger partial charge in [-0.3, -0.25) is 10.1 Å². The molecule has 1 aromatic heterocycles. The molecule has 0 radical (unpaired) electrons. The van der Waals surface area contributed by atoms with Gasteiger partial charge in [0.25, 0.3) is 5.69 Å². The summed E-state index contributed by atoms with van der Waals surface area (Å²) in [5.74, 6) is 0.422. The molecule has 19 heavy (non-hydrogen) atoms. The molecule has 0 aliphatic rings. The molecule has 0 aliphatic carbocycles. The van der Waals surface area contributed by atoms with Crippen molar-refractivity contribution in [2.24, 2.45) is 0 Å². The lowest BCUT2D eigenvalue weighted by molar-refractivity contribution is -0.384. The van der Waals surface area contributed by atoms with Gasteiger partial charge in [-0.1, -0.05) is 11.6 Å². The number of aromatic nitrogens is 2. The molecular weight excluding hydrogens is 405 g/mol. The molecule has 6 nitrogen and oxygen atoms in total. The number of nitro groups is 1. The van der Waals surface area contributed by atoms with Crippen molar-refractivity contribution in [3.05, 3.63) is 48.7 Å². The first-order valence-corrected chi connectivity index (χ1v) is 6.73. The fourth-order valence-electron chi connectivity index (χ4n) is 1.19. The monoisotopic (exact) mass is 407 g/mol. The summed E-state index contributed by atoms with van der Waals surface area (Å²) >= 11 is 12.2. The van der Waals surface area contributed by atoms with E-state index in [1.54, 1.807) is 0 Å². The number of halogens is 3. The second-order valence-electron chi connectivity index (χ2n) is 3.26. The third-order valence-electron chi connectivity index (χ3n) is 2.05. The Hall–Kier alpha value is -1.25. The summed E-state index contributed by atoms with van der Waals surface area (Å²) in [6, 6.07) is 4.16. The van der Waals surface area contributed by atoms with Gasteiger partial charge in [-0.25, -0.2) is 9.97 Å². The summed E-state index contributed by atoms with van der Waals surface area (Å²) in [7, 11) is 0. The minimum Gasteiger partial charge on any atom is -0.436 e. The molecular formula is C10H4Br2ClN3O3. The predicted molar refractivity (Wildman–Crippen MR) is 75.6 cm³/mol. The molecule has 0 saturated carbocycles. The molecule has 0 unspecified atom stereocenters. The number of nitrogens with zero attached hydrogens (tertiary/aromatic N) is 3. The van der Waals surface area contributed by atoms with E-state index in [9.17, 15) is 10.1 Å². The molecule has 0 fully saturated rings. The van der Waals surface area contributed by atoms with Gasteiger partial charge in [0.15, 0.2) is 10.9 Å². The fourth-order valence-corrected chi connectivity index (χ4v) is 1.93. The lowest BCUT2D eigenvalue weighted by Crippen LogP contribution is -1.94. The summed E-state index contributed by atoms with van der Waals surface area (Å²) in [5, 5.41) is 10.9. The second kappa shape index (κ2) is 5.81. The maximum Gasteiger partial charge on any atom is 0.273 e. The van der Waals surface area contributed by atoms with Gasteiger partial charge in [0.1, 0.15) is 10.8 Å². The zero-order valence-electron chi connectivity index (χ0n) is 9.01. The van der Waals surface area contributed by atoms with Gasteiger partial charge in [0, 0.05) is 6.07 Å². The van der Waals surface area contributed by atoms with E-state index in [0.717, 1.165) is 0 Å². The van der Waals surface area contributed by atoms with Gasteiger partial charge >= 0.3 is 0 Å². The van der Waals surface area contributed by atoms with E-state index in [-0.39, 0.29) is 22.5 Å². The van der Waals surface area contributed by atoms with Crippen LogP contribution in [0.2, 0.25) is 5.15 Å². The average Bonchev–Trinajstić information content (AvgIpc) is 2.37. The minimum atomic E-state index is -0.513. The largest absolute Gasteiger partial charge is 0.436 e. The lowest BCUT2D eigenvalue weighted by atomic mass is 10.3. The van der Waals surface area contributed by atoms with Crippen LogP contribution >= 0.6 is 43.5 Å². The predicted octanol–water partition coefficient (Wildman–Crippen LogP) is 4.36. The smallest absolute Gasteiger partial charge is 0.273 e. The highest BCUT2D eigenvalue weighted by Gasteiger charge is 2.14. The molecule has 0 N–H and O–H groups in total. The van der Waals surface area contributed by atoms with Gasteiger partial charge in [-0.05, 0) is 37.9 Å². The number of hydrogen-bond donors (Lipinski definition) is 0. The zero-order chi connectivity index (χ0) is 14.0. The minimum absolute atomic E-state index is 0.0884. The van der Waals surface area contributed by atoms with Crippen LogP contribution in [0.3, 0.4) is 0 Å². The molecule has 9 heteroatoms. The SMILES string of the molecule is O=[N+]([O-])c1ccc(Br)c(Oc2ncnc(Cl)c2Br)c1. The summed E-state index contributed by atoms with van der Waals surface area (Å²) in [4.78, 5) is 17.9. The van der Waals surface area contributed by atoms with Crippen LogP contribution in [0.5, 0.6) is 11.6 Å². The molecule has 0 atom stereocenters. The molecule has 0 bridgehead atoms. The Kier molecular flexibility index (Phi) is 4.33. The summed E-state index contributed by atoms with van der Waals surface area (Å²) < 4.78 is 6.40. The molecule has 0 amide bonds. The van der Waals surface area contributed by atoms with Crippen LogP contribution in [-0.2, 0) is 0 Å². The van der Waals surface area contributed by atoms with Crippen molar-refractivity contribution in [3.63, 3.8) is 0 Å². The summed E-state index contributed by atoms with van der Waals surface area (Å²) in [6.45, 7) is 0. The van der Waals surface area contributed by atoms with Crippen LogP contribution in [0.25, 0.3) is 0 Å². The fraction of sp³-hybridized carbons (Fsp3) is 0. The van der Waals surface area contributed by atoms with E-state index < -0.39 is 4.92 Å². The Labute approximate surface area is 129 Å². The topological polar surface area (TPSA) is 78.2 Å². The van der Waals surface area contributed by atoms with Crippen molar-refractivity contribution in [2.45, 2.75) is 0 Å². The molecule has 0 saturated heterocycles. The Morgan fingerprint density at radius 3 is 2.74 bits per heavy atom. The molecule has 0 aliphatic heterocycles. The maximum atomic E-state index is 10.7. The third kappa shape index (κ3) is 3.20. The highest BCUT2D eigenvalue weighted by Crippen LogP contribution is 2.36. The van der Waals surface area contributed by atoms with Crippen molar-refractivity contribution in [1.29, 1.82) is 0 Å². The van der Waals surface area contributed by atoms with E-state index in [2.05, 4.69) is 41.8 Å². The molecule has 1 heterocycles. The van der Waals surface area contributed by atoms with Gasteiger partial charge in [-0.2, -0.15) is 0 Å². The normalized spacial score (nSPS) is 10.3. The van der Waals surface area contributed by atoms with Crippen LogP contribution in [0.4, 0.5) is 5.69 Å². The molecule has 98 valence electrons. The van der Waals surface area contributed by atoms with Crippen LogP contribution < -0.4 is 4.74 Å². The first kappa shape index (κ1) is 14.2. The van der Waals surface area contributed by atoms with Crippen molar-refractivity contribution < 1.29 is 9.66 Å². The van der Waals surface area contributed by atoms with Crippen molar-refractivity contribution in [3.8, 4) is 11.6 Å². The Morgan fingerprint density at radius 2 is 2.05 bits per heavy atom. The van der Waals surface area contributed by atoms with E-state index in [1.165, 1.54) is 24.5 Å². The van der Waals surface area contributed by atoms with Gasteiger partial charge in [0.05, 0.1) is 15.5 Å². The number of nitro benzene ring substituents is 1. The zero-order valence-corrected chi connectivity index (χ0v) is 12.9. The number of non-ortho nitro benzene ring substituents is 1. The highest BCUT2D eigenvalue weighted by atomic mass is 79.9. The Morgan fingerprint density at radius 1 is 1.32 bits per heavy atom. The van der Waals surface area contributed by atoms with Crippen LogP contribution in [0.15, 0.2) is 33.5 Å². The average molecular weight is 409 g/mol. The number of hydrogen-bond acceptors (Lipinski definition) is 5. The second-order valence-corrected chi connectivity index (χ2v) is 5.26. The molecule has 1 aromatic carbocycles. The van der Waals surface area contributed by atoms with Crippen LogP contribution in [0.1, 0.15) is 0 Å². The van der Waals surface area contributed by atoms with Gasteiger partial charge < -0.3 is 4.74 Å². The van der Waals surface area contributed by atoms with Gasteiger partial charge in [0.2, 0.25) is 5.88 Å². The maximum absolute atomic E-state index is 10.7. The van der Waals surface area contributed by atoms with E-state index in [0.29, 0.717) is 8.95 Å². The standard InChI is InChI=1S/C10H4Br2ClN3O3/c11-6-2-1-5(16(17)18)3-7(6)19-10-8(12)9(13)14-4-15-10/h1-4H. The number of benzene rings is 1. The first-order chi connectivity index (χ1) is 8.99. The Bertz CT molecular complexity index is 654. The number of rotatable bonds is 3. The molecule has 2 rings (SSSR count). The van der Waals surface area contributed by atoms with E-state index in [1.807, 2.05) is 0 Å². The summed E-state index contributed by atoms with van der Waals surface area (Å²) in [5.41, 5.74) is -0.0884. The molecule has 2 aromatic rings. The third-order valence-corrected chi connectivity index (χ3v) is 3.93. The summed E-state index contributed by atoms with van der Waals surface area (Å²) in [6.07, 6.45) is 1.23. The van der Waals surface area contributed by atoms with Crippen molar-refractivity contribution in [2.75, 3.05) is 0 Å². The van der Waals surface area contributed by atoms with Crippen molar-refractivity contribution in [1.82, 2.24) is 9.97 Å². The van der Waals surface area contributed by atoms with Crippen molar-refractivity contribution >= 4 is 49.1 Å². The number of ether oxygens (including phenoxy) is 1. The van der Waals surface area contributed by atoms with E-state index in [4.69, 9.17) is 16.3 Å².